The van der Waals surface area contributed by atoms with Crippen molar-refractivity contribution in [3.8, 4) is 45.0 Å². The van der Waals surface area contributed by atoms with Gasteiger partial charge in [-0.2, -0.15) is 0 Å². The van der Waals surface area contributed by atoms with Gasteiger partial charge < -0.3 is 9.13 Å². The first kappa shape index (κ1) is 31.0. The van der Waals surface area contributed by atoms with E-state index in [9.17, 15) is 8.78 Å². The lowest BCUT2D eigenvalue weighted by Gasteiger charge is -2.21. The molecule has 0 N–H and O–H groups in total. The fourth-order valence-electron chi connectivity index (χ4n) is 8.85. The first-order valence-electron chi connectivity index (χ1n) is 18.5. The first-order valence-corrected chi connectivity index (χ1v) is 18.5. The summed E-state index contributed by atoms with van der Waals surface area (Å²) in [5, 5.41) is 2.00. The molecule has 0 unspecified atom stereocenters. The molecule has 10 rings (SSSR count). The number of nitrogens with zero attached hydrogens (tertiary/aromatic N) is 3. The Balaban J connectivity index is 1.28. The van der Waals surface area contributed by atoms with Gasteiger partial charge in [0, 0.05) is 44.7 Å². The molecular weight excluding hydrogens is 645 g/mol. The van der Waals surface area contributed by atoms with E-state index in [4.69, 9.17) is 4.98 Å². The Kier molecular flexibility index (Phi) is 7.41. The Morgan fingerprint density at radius 3 is 1.35 bits per heavy atom. The Morgan fingerprint density at radius 1 is 0.423 bits per heavy atom. The number of benzene rings is 5. The molecule has 52 heavy (non-hydrogen) atoms. The Hall–Kier alpha value is -5.81. The highest BCUT2D eigenvalue weighted by Crippen LogP contribution is 2.41. The molecule has 5 aromatic carbocycles. The van der Waals surface area contributed by atoms with E-state index in [2.05, 4.69) is 88.0 Å². The molecule has 8 aromatic rings. The lowest BCUT2D eigenvalue weighted by Crippen LogP contribution is -2.09. The molecule has 0 bridgehead atoms. The number of aromatic nitrogens is 3. The maximum absolute atomic E-state index is 14.8. The normalized spacial score (nSPS) is 14.1. The van der Waals surface area contributed by atoms with Crippen LogP contribution in [-0.2, 0) is 25.7 Å². The van der Waals surface area contributed by atoms with E-state index in [1.807, 2.05) is 24.3 Å². The topological polar surface area (TPSA) is 22.8 Å². The number of hydrogen-bond acceptors (Lipinski definition) is 1. The molecule has 0 saturated heterocycles. The van der Waals surface area contributed by atoms with Gasteiger partial charge in [-0.1, -0.05) is 60.7 Å². The maximum Gasteiger partial charge on any atom is 0.123 e. The summed E-state index contributed by atoms with van der Waals surface area (Å²) < 4.78 is 34.4. The predicted octanol–water partition coefficient (Wildman–Crippen LogP) is 12.0. The molecule has 0 aliphatic heterocycles. The number of fused-ring (bicyclic) bond motifs is 6. The van der Waals surface area contributed by atoms with Crippen molar-refractivity contribution in [1.82, 2.24) is 14.1 Å². The van der Waals surface area contributed by atoms with Gasteiger partial charge in [-0.25, -0.2) is 13.8 Å². The zero-order valence-electron chi connectivity index (χ0n) is 28.9. The minimum absolute atomic E-state index is 0.205. The summed E-state index contributed by atoms with van der Waals surface area (Å²) in [6, 6.07) is 42.4. The van der Waals surface area contributed by atoms with Crippen LogP contribution in [0.15, 0.2) is 127 Å². The van der Waals surface area contributed by atoms with Crippen molar-refractivity contribution in [3.05, 3.63) is 162 Å². The summed E-state index contributed by atoms with van der Waals surface area (Å²) >= 11 is 0. The summed E-state index contributed by atoms with van der Waals surface area (Å²) in [7, 11) is 0. The van der Waals surface area contributed by atoms with Crippen molar-refractivity contribution in [2.45, 2.75) is 51.4 Å². The van der Waals surface area contributed by atoms with E-state index in [0.29, 0.717) is 0 Å². The van der Waals surface area contributed by atoms with E-state index in [0.717, 1.165) is 118 Å². The number of aryl methyl sites for hydroxylation is 2. The highest BCUT2D eigenvalue weighted by molar-refractivity contribution is 5.91. The Morgan fingerprint density at radius 2 is 0.865 bits per heavy atom. The molecule has 2 aliphatic rings. The summed E-state index contributed by atoms with van der Waals surface area (Å²) in [5.74, 6) is -0.410. The molecule has 0 spiro atoms. The third-order valence-electron chi connectivity index (χ3n) is 11.2. The Labute approximate surface area is 301 Å². The van der Waals surface area contributed by atoms with Crippen molar-refractivity contribution in [3.63, 3.8) is 0 Å². The van der Waals surface area contributed by atoms with Crippen molar-refractivity contribution in [2.24, 2.45) is 0 Å². The van der Waals surface area contributed by atoms with Gasteiger partial charge in [0.05, 0.1) is 22.4 Å². The fraction of sp³-hybridized carbons (Fsp3) is 0.170. The summed E-state index contributed by atoms with van der Waals surface area (Å²) in [6.45, 7) is 0. The fourth-order valence-corrected chi connectivity index (χ4v) is 8.85. The minimum atomic E-state index is -0.205. The van der Waals surface area contributed by atoms with E-state index >= 15 is 0 Å². The molecule has 3 nitrogen and oxygen atoms in total. The van der Waals surface area contributed by atoms with Crippen LogP contribution in [0, 0.1) is 11.6 Å². The third kappa shape index (κ3) is 5.18. The van der Waals surface area contributed by atoms with Crippen LogP contribution < -0.4 is 0 Å². The van der Waals surface area contributed by atoms with Gasteiger partial charge in [0.15, 0.2) is 0 Å². The van der Waals surface area contributed by atoms with Crippen molar-refractivity contribution in [2.75, 3.05) is 0 Å². The zero-order chi connectivity index (χ0) is 34.8. The number of halogens is 2. The molecule has 254 valence electrons. The largest absolute Gasteiger partial charge is 0.313 e. The molecular formula is C47H37F2N3. The van der Waals surface area contributed by atoms with E-state index in [-0.39, 0.29) is 11.6 Å². The van der Waals surface area contributed by atoms with Gasteiger partial charge in [0.1, 0.15) is 11.6 Å². The lowest BCUT2D eigenvalue weighted by atomic mass is 9.95. The van der Waals surface area contributed by atoms with Crippen LogP contribution in [-0.4, -0.2) is 14.1 Å². The van der Waals surface area contributed by atoms with Gasteiger partial charge in [0.2, 0.25) is 0 Å². The average molecular weight is 682 g/mol. The highest BCUT2D eigenvalue weighted by atomic mass is 19.1. The van der Waals surface area contributed by atoms with Crippen LogP contribution >= 0.6 is 0 Å². The number of pyridine rings is 1. The highest BCUT2D eigenvalue weighted by Gasteiger charge is 2.25. The predicted molar refractivity (Wildman–Crippen MR) is 207 cm³/mol. The van der Waals surface area contributed by atoms with Crippen molar-refractivity contribution >= 4 is 21.8 Å². The van der Waals surface area contributed by atoms with Gasteiger partial charge in [-0.3, -0.25) is 0 Å². The second kappa shape index (κ2) is 12.4. The van der Waals surface area contributed by atoms with Crippen molar-refractivity contribution in [1.29, 1.82) is 0 Å². The second-order valence-electron chi connectivity index (χ2n) is 14.4. The van der Waals surface area contributed by atoms with Crippen LogP contribution in [0.2, 0.25) is 0 Å². The molecule has 0 fully saturated rings. The van der Waals surface area contributed by atoms with Crippen LogP contribution in [0.1, 0.15) is 48.2 Å². The summed E-state index contributed by atoms with van der Waals surface area (Å²) in [5.41, 5.74) is 15.2. The van der Waals surface area contributed by atoms with E-state index in [1.54, 1.807) is 24.3 Å². The van der Waals surface area contributed by atoms with Crippen LogP contribution in [0.3, 0.4) is 0 Å². The van der Waals surface area contributed by atoms with Crippen LogP contribution in [0.25, 0.3) is 66.8 Å². The SMILES string of the molecule is Fc1ccc2c(c1)c1c(n2-c2cc(-c3cc(-c4ccccc4)nc(-c4ccccc4)c3)cc(-n3c4c(c5cc(F)ccc53)CCCC4)c2)CCCC1. The monoisotopic (exact) mass is 681 g/mol. The summed E-state index contributed by atoms with van der Waals surface area (Å²) in [4.78, 5) is 5.18. The van der Waals surface area contributed by atoms with Gasteiger partial charge in [-0.15, -0.1) is 0 Å². The number of rotatable bonds is 5. The molecule has 0 radical (unpaired) electrons. The van der Waals surface area contributed by atoms with Crippen molar-refractivity contribution < 1.29 is 8.78 Å². The third-order valence-corrected chi connectivity index (χ3v) is 11.2. The minimum Gasteiger partial charge on any atom is -0.313 e. The smallest absolute Gasteiger partial charge is 0.123 e. The molecule has 3 aromatic heterocycles. The van der Waals surface area contributed by atoms with Gasteiger partial charge >= 0.3 is 0 Å². The molecule has 2 aliphatic carbocycles. The maximum atomic E-state index is 14.8. The van der Waals surface area contributed by atoms with E-state index < -0.39 is 0 Å². The van der Waals surface area contributed by atoms with Crippen LogP contribution in [0.4, 0.5) is 8.78 Å². The zero-order valence-corrected chi connectivity index (χ0v) is 28.9. The molecule has 5 heteroatoms. The first-order chi connectivity index (χ1) is 25.6. The molecule has 0 amide bonds. The van der Waals surface area contributed by atoms with Crippen LogP contribution in [0.5, 0.6) is 0 Å². The van der Waals surface area contributed by atoms with Gasteiger partial charge in [0.25, 0.3) is 0 Å². The molecule has 0 atom stereocenters. The average Bonchev–Trinajstić information content (AvgIpc) is 3.70. The standard InChI is InChI=1S/C47H37F2N3/c48-34-19-21-46-40(27-34)38-15-7-9-17-44(38)51(46)36-23-32(24-37(29-36)52-45-18-10-8-16-39(45)41-28-35(49)20-22-47(41)52)33-25-42(30-11-3-1-4-12-30)50-43(26-33)31-13-5-2-6-14-31/h1-6,11-14,19-29H,7-10,15-18H2. The summed E-state index contributed by atoms with van der Waals surface area (Å²) in [6.07, 6.45) is 8.19. The van der Waals surface area contributed by atoms with Gasteiger partial charge in [-0.05, 0) is 140 Å². The molecule has 3 heterocycles. The van der Waals surface area contributed by atoms with E-state index in [1.165, 1.54) is 22.5 Å². The lowest BCUT2D eigenvalue weighted by molar-refractivity contribution is 0.629. The number of hydrogen-bond donors (Lipinski definition) is 0. The second-order valence-corrected chi connectivity index (χ2v) is 14.4. The quantitative estimate of drug-likeness (QED) is 0.177. The Bertz CT molecular complexity index is 2470. The molecule has 0 saturated carbocycles.